The molecule has 0 heterocycles. The van der Waals surface area contributed by atoms with Crippen molar-refractivity contribution in [2.75, 3.05) is 11.9 Å². The Morgan fingerprint density at radius 2 is 1.72 bits per heavy atom. The van der Waals surface area contributed by atoms with Crippen molar-refractivity contribution in [2.45, 2.75) is 27.0 Å². The lowest BCUT2D eigenvalue weighted by Gasteiger charge is -2.17. The molecule has 0 radical (unpaired) electrons. The van der Waals surface area contributed by atoms with Gasteiger partial charge in [-0.2, -0.15) is 0 Å². The normalized spacial score (nSPS) is 10.7. The molecular formula is C23H22Cl2INO2. The van der Waals surface area contributed by atoms with E-state index < -0.39 is 0 Å². The molecule has 3 rings (SSSR count). The third kappa shape index (κ3) is 5.93. The molecule has 0 aliphatic rings. The van der Waals surface area contributed by atoms with Gasteiger partial charge in [0, 0.05) is 22.3 Å². The number of halogens is 3. The average Bonchev–Trinajstić information content (AvgIpc) is 2.70. The van der Waals surface area contributed by atoms with Gasteiger partial charge in [0.2, 0.25) is 0 Å². The number of benzene rings is 3. The van der Waals surface area contributed by atoms with E-state index in [4.69, 9.17) is 32.7 Å². The maximum absolute atomic E-state index is 6.22. The van der Waals surface area contributed by atoms with Crippen LogP contribution in [0.2, 0.25) is 10.0 Å². The van der Waals surface area contributed by atoms with E-state index in [9.17, 15) is 0 Å². The van der Waals surface area contributed by atoms with Gasteiger partial charge in [-0.1, -0.05) is 41.4 Å². The summed E-state index contributed by atoms with van der Waals surface area (Å²) < 4.78 is 12.9. The molecule has 3 aromatic carbocycles. The minimum absolute atomic E-state index is 0.451. The third-order valence-electron chi connectivity index (χ3n) is 4.42. The first kappa shape index (κ1) is 22.1. The number of nitrogens with one attached hydrogen (secondary N) is 1. The molecule has 3 aromatic rings. The van der Waals surface area contributed by atoms with Gasteiger partial charge in [-0.05, 0) is 89.5 Å². The molecule has 0 fully saturated rings. The predicted molar refractivity (Wildman–Crippen MR) is 130 cm³/mol. The van der Waals surface area contributed by atoms with Crippen LogP contribution in [0.1, 0.15) is 23.6 Å². The van der Waals surface area contributed by atoms with Gasteiger partial charge in [0.1, 0.15) is 6.61 Å². The number of rotatable bonds is 8. The van der Waals surface area contributed by atoms with Crippen LogP contribution in [0.3, 0.4) is 0 Å². The minimum atomic E-state index is 0.451. The van der Waals surface area contributed by atoms with E-state index in [0.717, 1.165) is 42.5 Å². The molecule has 0 bridgehead atoms. The van der Waals surface area contributed by atoms with Crippen LogP contribution in [-0.4, -0.2) is 6.61 Å². The van der Waals surface area contributed by atoms with Crippen LogP contribution in [-0.2, 0) is 13.2 Å². The first-order valence-electron chi connectivity index (χ1n) is 9.29. The second-order valence-corrected chi connectivity index (χ2v) is 8.52. The second-order valence-electron chi connectivity index (χ2n) is 6.52. The summed E-state index contributed by atoms with van der Waals surface area (Å²) in [5.74, 6) is 1.50. The number of hydrogen-bond donors (Lipinski definition) is 1. The van der Waals surface area contributed by atoms with Crippen molar-refractivity contribution in [3.63, 3.8) is 0 Å². The molecule has 0 unspecified atom stereocenters. The monoisotopic (exact) mass is 541 g/mol. The third-order valence-corrected chi connectivity index (χ3v) is 5.88. The highest BCUT2D eigenvalue weighted by molar-refractivity contribution is 14.1. The maximum Gasteiger partial charge on any atom is 0.174 e. The van der Waals surface area contributed by atoms with Crippen molar-refractivity contribution < 1.29 is 9.47 Å². The molecule has 0 amide bonds. The quantitative estimate of drug-likeness (QED) is 0.299. The highest BCUT2D eigenvalue weighted by Gasteiger charge is 2.13. The van der Waals surface area contributed by atoms with Gasteiger partial charge in [0.25, 0.3) is 0 Å². The lowest BCUT2D eigenvalue weighted by molar-refractivity contribution is 0.267. The first-order valence-corrected chi connectivity index (χ1v) is 11.1. The summed E-state index contributed by atoms with van der Waals surface area (Å²) in [7, 11) is 0. The zero-order chi connectivity index (χ0) is 20.8. The first-order chi connectivity index (χ1) is 14.0. The number of anilines is 1. The fourth-order valence-corrected chi connectivity index (χ4v) is 3.98. The van der Waals surface area contributed by atoms with Gasteiger partial charge in [-0.15, -0.1) is 0 Å². The Bertz CT molecular complexity index is 977. The summed E-state index contributed by atoms with van der Waals surface area (Å²) >= 11 is 14.5. The molecule has 0 spiro atoms. The Hall–Kier alpha value is -1.63. The molecule has 0 atom stereocenters. The van der Waals surface area contributed by atoms with Crippen molar-refractivity contribution in [2.24, 2.45) is 0 Å². The summed E-state index contributed by atoms with van der Waals surface area (Å²) in [6.45, 7) is 5.66. The molecule has 152 valence electrons. The second kappa shape index (κ2) is 10.4. The van der Waals surface area contributed by atoms with Crippen molar-refractivity contribution in [1.82, 2.24) is 0 Å². The van der Waals surface area contributed by atoms with Crippen molar-refractivity contribution >= 4 is 51.5 Å². The molecular weight excluding hydrogens is 520 g/mol. The summed E-state index contributed by atoms with van der Waals surface area (Å²) in [5.41, 5.74) is 4.22. The molecule has 29 heavy (non-hydrogen) atoms. The largest absolute Gasteiger partial charge is 0.490 e. The summed E-state index contributed by atoms with van der Waals surface area (Å²) in [5, 5.41) is 4.92. The average molecular weight is 542 g/mol. The van der Waals surface area contributed by atoms with E-state index in [1.807, 2.05) is 62.4 Å². The highest BCUT2D eigenvalue weighted by atomic mass is 127. The van der Waals surface area contributed by atoms with E-state index >= 15 is 0 Å². The Morgan fingerprint density at radius 3 is 2.45 bits per heavy atom. The van der Waals surface area contributed by atoms with Crippen LogP contribution in [0.15, 0.2) is 54.6 Å². The van der Waals surface area contributed by atoms with Crippen molar-refractivity contribution in [3.8, 4) is 11.5 Å². The zero-order valence-corrected chi connectivity index (χ0v) is 19.9. The highest BCUT2D eigenvalue weighted by Crippen LogP contribution is 2.35. The van der Waals surface area contributed by atoms with E-state index in [1.165, 1.54) is 0 Å². The predicted octanol–water partition coefficient (Wildman–Crippen LogP) is 7.50. The SMILES string of the molecule is CCOc1cc(CNc2cccc(Cl)c2C)cc(I)c1OCc1ccc(Cl)cc1. The standard InChI is InChI=1S/C23H22Cl2INO2/c1-3-28-22-12-17(13-27-21-6-4-5-19(25)15(21)2)11-20(26)23(22)29-14-16-7-9-18(24)10-8-16/h4-12,27H,3,13-14H2,1-2H3. The summed E-state index contributed by atoms with van der Waals surface area (Å²) in [6.07, 6.45) is 0. The maximum atomic E-state index is 6.22. The van der Waals surface area contributed by atoms with Gasteiger partial charge >= 0.3 is 0 Å². The van der Waals surface area contributed by atoms with Crippen LogP contribution < -0.4 is 14.8 Å². The van der Waals surface area contributed by atoms with Gasteiger partial charge < -0.3 is 14.8 Å². The van der Waals surface area contributed by atoms with Crippen LogP contribution in [0.4, 0.5) is 5.69 Å². The van der Waals surface area contributed by atoms with E-state index in [-0.39, 0.29) is 0 Å². The van der Waals surface area contributed by atoms with Gasteiger partial charge in [0.05, 0.1) is 10.2 Å². The fourth-order valence-electron chi connectivity index (χ4n) is 2.86. The summed E-state index contributed by atoms with van der Waals surface area (Å²) in [6, 6.07) is 17.6. The Balaban J connectivity index is 1.76. The van der Waals surface area contributed by atoms with Gasteiger partial charge in [-0.3, -0.25) is 0 Å². The molecule has 6 heteroatoms. The molecule has 1 N–H and O–H groups in total. The number of hydrogen-bond acceptors (Lipinski definition) is 3. The van der Waals surface area contributed by atoms with Gasteiger partial charge in [-0.25, -0.2) is 0 Å². The lowest BCUT2D eigenvalue weighted by Crippen LogP contribution is -2.05. The topological polar surface area (TPSA) is 30.5 Å². The van der Waals surface area contributed by atoms with Crippen LogP contribution in [0.25, 0.3) is 0 Å². The van der Waals surface area contributed by atoms with Crippen molar-refractivity contribution in [1.29, 1.82) is 0 Å². The van der Waals surface area contributed by atoms with E-state index in [1.54, 1.807) is 0 Å². The number of ether oxygens (including phenoxy) is 2. The van der Waals surface area contributed by atoms with E-state index in [0.29, 0.717) is 24.8 Å². The molecule has 3 nitrogen and oxygen atoms in total. The van der Waals surface area contributed by atoms with Crippen LogP contribution >= 0.6 is 45.8 Å². The Labute approximate surface area is 195 Å². The van der Waals surface area contributed by atoms with Crippen LogP contribution in [0, 0.1) is 10.5 Å². The fraction of sp³-hybridized carbons (Fsp3) is 0.217. The Kier molecular flexibility index (Phi) is 7.92. The summed E-state index contributed by atoms with van der Waals surface area (Å²) in [4.78, 5) is 0. The zero-order valence-electron chi connectivity index (χ0n) is 16.3. The molecule has 0 aromatic heterocycles. The lowest BCUT2D eigenvalue weighted by atomic mass is 10.1. The van der Waals surface area contributed by atoms with Gasteiger partial charge in [0.15, 0.2) is 11.5 Å². The molecule has 0 saturated heterocycles. The van der Waals surface area contributed by atoms with E-state index in [2.05, 4.69) is 34.0 Å². The molecule has 0 aliphatic carbocycles. The van der Waals surface area contributed by atoms with Crippen molar-refractivity contribution in [3.05, 3.63) is 84.9 Å². The molecule has 0 saturated carbocycles. The smallest absolute Gasteiger partial charge is 0.174 e. The Morgan fingerprint density at radius 1 is 0.966 bits per heavy atom. The minimum Gasteiger partial charge on any atom is -0.490 e. The van der Waals surface area contributed by atoms with Crippen LogP contribution in [0.5, 0.6) is 11.5 Å². The molecule has 0 aliphatic heterocycles.